The molecule has 0 aromatic carbocycles. The maximum Gasteiger partial charge on any atom is 0.246 e. The molecule has 1 amide bonds. The third-order valence-corrected chi connectivity index (χ3v) is 4.72. The number of hydrogen-bond donors (Lipinski definition) is 3. The van der Waals surface area contributed by atoms with E-state index >= 15 is 0 Å². The summed E-state index contributed by atoms with van der Waals surface area (Å²) < 4.78 is 4.82. The van der Waals surface area contributed by atoms with Crippen LogP contribution in [0.1, 0.15) is 12.8 Å². The number of carbonyl (C=O) groups is 1. The summed E-state index contributed by atoms with van der Waals surface area (Å²) in [6, 6.07) is 0.0511. The molecule has 1 atom stereocenters. The molecule has 1 unspecified atom stereocenters. The number of H-pyrrole nitrogens is 1. The number of piperidine rings is 1. The molecule has 0 radical (unpaired) electrons. The highest BCUT2D eigenvalue weighted by Gasteiger charge is 2.24. The van der Waals surface area contributed by atoms with Gasteiger partial charge in [-0.15, -0.1) is 0 Å². The molecule has 10 heteroatoms. The van der Waals surface area contributed by atoms with Crippen molar-refractivity contribution in [3.63, 3.8) is 0 Å². The zero-order chi connectivity index (χ0) is 18.8. The summed E-state index contributed by atoms with van der Waals surface area (Å²) in [7, 11) is 0. The number of rotatable bonds is 5. The van der Waals surface area contributed by atoms with Crippen molar-refractivity contribution in [1.82, 2.24) is 25.0 Å². The Labute approximate surface area is 159 Å². The number of anilines is 3. The van der Waals surface area contributed by atoms with Crippen molar-refractivity contribution in [2.45, 2.75) is 18.9 Å². The van der Waals surface area contributed by atoms with Crippen molar-refractivity contribution in [2.75, 3.05) is 23.7 Å². The van der Waals surface area contributed by atoms with Crippen LogP contribution in [-0.4, -0.2) is 50.0 Å². The van der Waals surface area contributed by atoms with Crippen molar-refractivity contribution in [1.29, 1.82) is 0 Å². The third-order valence-electron chi connectivity index (χ3n) is 4.42. The second-order valence-electron chi connectivity index (χ2n) is 6.27. The Morgan fingerprint density at radius 3 is 3.15 bits per heavy atom. The number of aromatic nitrogens is 4. The SMILES string of the molecule is C=CC(=O)N1CCCC(Nc2nc(Nc3cnoc3)nc3[nH]cc(Cl)c23)C1. The Kier molecular flexibility index (Phi) is 4.68. The quantitative estimate of drug-likeness (QED) is 0.577. The van der Waals surface area contributed by atoms with Gasteiger partial charge < -0.3 is 25.0 Å². The average Bonchev–Trinajstić information content (AvgIpc) is 3.31. The molecule has 4 rings (SSSR count). The first kappa shape index (κ1) is 17.3. The molecule has 3 aromatic rings. The largest absolute Gasteiger partial charge is 0.365 e. The molecule has 4 heterocycles. The number of nitrogens with zero attached hydrogens (tertiary/aromatic N) is 4. The van der Waals surface area contributed by atoms with E-state index in [0.717, 1.165) is 19.4 Å². The summed E-state index contributed by atoms with van der Waals surface area (Å²) in [4.78, 5) is 25.7. The van der Waals surface area contributed by atoms with Crippen LogP contribution in [0.15, 0.2) is 35.8 Å². The number of halogens is 1. The Balaban J connectivity index is 1.62. The van der Waals surface area contributed by atoms with Crippen LogP contribution < -0.4 is 10.6 Å². The minimum atomic E-state index is -0.0659. The molecule has 1 aliphatic rings. The molecular weight excluding hydrogens is 370 g/mol. The van der Waals surface area contributed by atoms with Crippen LogP contribution in [0.2, 0.25) is 5.02 Å². The molecule has 0 saturated carbocycles. The second-order valence-corrected chi connectivity index (χ2v) is 6.67. The van der Waals surface area contributed by atoms with Gasteiger partial charge in [0.25, 0.3) is 0 Å². The van der Waals surface area contributed by atoms with Crippen LogP contribution in [0.5, 0.6) is 0 Å². The van der Waals surface area contributed by atoms with E-state index in [1.54, 1.807) is 11.1 Å². The fraction of sp³-hybridized carbons (Fsp3) is 0.294. The maximum absolute atomic E-state index is 11.9. The summed E-state index contributed by atoms with van der Waals surface area (Å²) in [6.07, 6.45) is 7.82. The van der Waals surface area contributed by atoms with E-state index in [9.17, 15) is 4.79 Å². The van der Waals surface area contributed by atoms with Crippen molar-refractivity contribution in [3.8, 4) is 0 Å². The number of hydrogen-bond acceptors (Lipinski definition) is 7. The highest BCUT2D eigenvalue weighted by atomic mass is 35.5. The van der Waals surface area contributed by atoms with E-state index in [0.29, 0.717) is 40.1 Å². The van der Waals surface area contributed by atoms with Gasteiger partial charge in [-0.05, 0) is 18.9 Å². The van der Waals surface area contributed by atoms with Gasteiger partial charge in [0.15, 0.2) is 0 Å². The topological polar surface area (TPSA) is 112 Å². The van der Waals surface area contributed by atoms with Crippen LogP contribution in [0.4, 0.5) is 17.5 Å². The highest BCUT2D eigenvalue weighted by molar-refractivity contribution is 6.36. The normalized spacial score (nSPS) is 17.1. The molecule has 3 N–H and O–H groups in total. The zero-order valence-electron chi connectivity index (χ0n) is 14.4. The molecule has 3 aromatic heterocycles. The molecular formula is C17H18ClN7O2. The first-order valence-electron chi connectivity index (χ1n) is 8.53. The molecule has 0 spiro atoms. The first-order chi connectivity index (χ1) is 13.1. The molecule has 1 saturated heterocycles. The zero-order valence-corrected chi connectivity index (χ0v) is 15.2. The highest BCUT2D eigenvalue weighted by Crippen LogP contribution is 2.31. The third kappa shape index (κ3) is 3.59. The summed E-state index contributed by atoms with van der Waals surface area (Å²) in [6.45, 7) is 4.87. The smallest absolute Gasteiger partial charge is 0.246 e. The number of fused-ring (bicyclic) bond motifs is 1. The summed E-state index contributed by atoms with van der Waals surface area (Å²) >= 11 is 6.32. The monoisotopic (exact) mass is 387 g/mol. The van der Waals surface area contributed by atoms with E-state index in [1.807, 2.05) is 0 Å². The summed E-state index contributed by atoms with van der Waals surface area (Å²) in [5, 5.41) is 11.3. The van der Waals surface area contributed by atoms with Crippen molar-refractivity contribution >= 4 is 46.0 Å². The molecule has 0 aliphatic carbocycles. The molecule has 27 heavy (non-hydrogen) atoms. The van der Waals surface area contributed by atoms with Gasteiger partial charge in [0.1, 0.15) is 23.4 Å². The van der Waals surface area contributed by atoms with Crippen LogP contribution in [0.3, 0.4) is 0 Å². The molecule has 9 nitrogen and oxygen atoms in total. The fourth-order valence-electron chi connectivity index (χ4n) is 3.17. The fourth-order valence-corrected chi connectivity index (χ4v) is 3.40. The van der Waals surface area contributed by atoms with Gasteiger partial charge in [0, 0.05) is 25.3 Å². The van der Waals surface area contributed by atoms with E-state index in [4.69, 9.17) is 16.1 Å². The van der Waals surface area contributed by atoms with E-state index in [1.165, 1.54) is 18.5 Å². The van der Waals surface area contributed by atoms with Gasteiger partial charge in [0.05, 0.1) is 16.6 Å². The minimum absolute atomic E-state index is 0.0511. The predicted octanol–water partition coefficient (Wildman–Crippen LogP) is 2.93. The average molecular weight is 388 g/mol. The lowest BCUT2D eigenvalue weighted by atomic mass is 10.1. The van der Waals surface area contributed by atoms with Gasteiger partial charge in [-0.3, -0.25) is 4.79 Å². The molecule has 1 aliphatic heterocycles. The molecule has 140 valence electrons. The Morgan fingerprint density at radius 1 is 1.48 bits per heavy atom. The van der Waals surface area contributed by atoms with Crippen LogP contribution in [0.25, 0.3) is 11.0 Å². The lowest BCUT2D eigenvalue weighted by Crippen LogP contribution is -2.44. The number of carbonyl (C=O) groups excluding carboxylic acids is 1. The molecule has 0 bridgehead atoms. The van der Waals surface area contributed by atoms with Gasteiger partial charge in [-0.2, -0.15) is 9.97 Å². The van der Waals surface area contributed by atoms with E-state index in [2.05, 4.69) is 37.3 Å². The Morgan fingerprint density at radius 2 is 2.37 bits per heavy atom. The standard InChI is InChI=1S/C17H18ClN7O2/c1-2-13(26)25-5-3-4-10(8-25)21-16-14-12(18)7-19-15(14)23-17(24-16)22-11-6-20-27-9-11/h2,6-7,9-10H,1,3-5,8H2,(H3,19,21,22,23,24). The predicted molar refractivity (Wildman–Crippen MR) is 102 cm³/mol. The van der Waals surface area contributed by atoms with Gasteiger partial charge >= 0.3 is 0 Å². The minimum Gasteiger partial charge on any atom is -0.365 e. The maximum atomic E-state index is 11.9. The first-order valence-corrected chi connectivity index (χ1v) is 8.90. The Bertz CT molecular complexity index is 969. The van der Waals surface area contributed by atoms with Crippen LogP contribution in [0, 0.1) is 0 Å². The van der Waals surface area contributed by atoms with Crippen molar-refractivity contribution in [3.05, 3.63) is 36.3 Å². The van der Waals surface area contributed by atoms with E-state index in [-0.39, 0.29) is 11.9 Å². The number of amides is 1. The molecule has 1 fully saturated rings. The number of likely N-dealkylation sites (tertiary alicyclic amines) is 1. The van der Waals surface area contributed by atoms with Gasteiger partial charge in [0.2, 0.25) is 11.9 Å². The lowest BCUT2D eigenvalue weighted by molar-refractivity contribution is -0.127. The second kappa shape index (κ2) is 7.28. The van der Waals surface area contributed by atoms with Crippen molar-refractivity contribution in [2.24, 2.45) is 0 Å². The lowest BCUT2D eigenvalue weighted by Gasteiger charge is -2.33. The Hall–Kier alpha value is -3.07. The van der Waals surface area contributed by atoms with Gasteiger partial charge in [-0.25, -0.2) is 0 Å². The number of aromatic amines is 1. The van der Waals surface area contributed by atoms with Crippen LogP contribution in [-0.2, 0) is 4.79 Å². The van der Waals surface area contributed by atoms with Crippen LogP contribution >= 0.6 is 11.6 Å². The van der Waals surface area contributed by atoms with E-state index < -0.39 is 0 Å². The van der Waals surface area contributed by atoms with Crippen molar-refractivity contribution < 1.29 is 9.32 Å². The number of nitrogens with one attached hydrogen (secondary N) is 3. The summed E-state index contributed by atoms with van der Waals surface area (Å²) in [5.41, 5.74) is 1.24. The van der Waals surface area contributed by atoms with Gasteiger partial charge in [-0.1, -0.05) is 23.3 Å². The summed E-state index contributed by atoms with van der Waals surface area (Å²) in [5.74, 6) is 0.911.